The summed E-state index contributed by atoms with van der Waals surface area (Å²) in [5.74, 6) is 0.205. The van der Waals surface area contributed by atoms with E-state index in [1.807, 2.05) is 24.3 Å². The van der Waals surface area contributed by atoms with Crippen molar-refractivity contribution in [2.45, 2.75) is 6.42 Å². The van der Waals surface area contributed by atoms with Gasteiger partial charge in [0.2, 0.25) is 0 Å². The summed E-state index contributed by atoms with van der Waals surface area (Å²) in [6, 6.07) is 7.48. The third-order valence-electron chi connectivity index (χ3n) is 2.71. The number of hydrogen-bond acceptors (Lipinski definition) is 5. The van der Waals surface area contributed by atoms with Crippen LogP contribution in [0, 0.1) is 0 Å². The van der Waals surface area contributed by atoms with Crippen molar-refractivity contribution in [1.29, 1.82) is 0 Å². The van der Waals surface area contributed by atoms with Crippen molar-refractivity contribution < 1.29 is 9.53 Å². The van der Waals surface area contributed by atoms with E-state index in [0.717, 1.165) is 11.3 Å². The Morgan fingerprint density at radius 2 is 2.16 bits per heavy atom. The minimum absolute atomic E-state index is 0.0976. The highest BCUT2D eigenvalue weighted by Gasteiger charge is 2.15. The average Bonchev–Trinajstić information content (AvgIpc) is 2.38. The molecule has 4 N–H and O–H groups in total. The molecule has 0 aliphatic heterocycles. The van der Waals surface area contributed by atoms with Crippen molar-refractivity contribution in [3.05, 3.63) is 47.4 Å². The topological polar surface area (TPSA) is 104 Å². The standard InChI is InChI=1S/C13H14N4O2/c1-19-9-4-2-3-8(5-9)6-10-11(13(15)18)12(14)17-7-16-10/h2-5,7H,6H2,1H3,(H2,15,18)(H2,14,16,17). The molecule has 0 aliphatic carbocycles. The van der Waals surface area contributed by atoms with Gasteiger partial charge in [-0.05, 0) is 17.7 Å². The molecule has 0 atom stereocenters. The van der Waals surface area contributed by atoms with Gasteiger partial charge in [-0.2, -0.15) is 0 Å². The van der Waals surface area contributed by atoms with Gasteiger partial charge in [0.15, 0.2) is 0 Å². The van der Waals surface area contributed by atoms with E-state index in [4.69, 9.17) is 16.2 Å². The first-order valence-electron chi connectivity index (χ1n) is 5.64. The van der Waals surface area contributed by atoms with E-state index in [1.54, 1.807) is 7.11 Å². The Hall–Kier alpha value is -2.63. The van der Waals surface area contributed by atoms with Crippen LogP contribution in [-0.2, 0) is 6.42 Å². The maximum atomic E-state index is 11.4. The van der Waals surface area contributed by atoms with Crippen molar-refractivity contribution in [1.82, 2.24) is 9.97 Å². The van der Waals surface area contributed by atoms with E-state index in [9.17, 15) is 4.79 Å². The normalized spacial score (nSPS) is 10.2. The number of amides is 1. The minimum atomic E-state index is -0.629. The number of hydrogen-bond donors (Lipinski definition) is 2. The van der Waals surface area contributed by atoms with Crippen molar-refractivity contribution in [2.75, 3.05) is 12.8 Å². The summed E-state index contributed by atoms with van der Waals surface area (Å²) in [6.07, 6.45) is 1.75. The summed E-state index contributed by atoms with van der Waals surface area (Å²) in [5.41, 5.74) is 12.6. The molecule has 0 saturated carbocycles. The third kappa shape index (κ3) is 2.79. The maximum absolute atomic E-state index is 11.4. The first kappa shape index (κ1) is 12.8. The van der Waals surface area contributed by atoms with Crippen LogP contribution in [0.4, 0.5) is 5.82 Å². The quantitative estimate of drug-likeness (QED) is 0.842. The van der Waals surface area contributed by atoms with Gasteiger partial charge < -0.3 is 16.2 Å². The Kier molecular flexibility index (Phi) is 3.61. The van der Waals surface area contributed by atoms with E-state index < -0.39 is 5.91 Å². The number of methoxy groups -OCH3 is 1. The molecule has 19 heavy (non-hydrogen) atoms. The molecule has 0 aliphatic rings. The molecule has 0 fully saturated rings. The van der Waals surface area contributed by atoms with E-state index in [-0.39, 0.29) is 11.4 Å². The summed E-state index contributed by atoms with van der Waals surface area (Å²) >= 11 is 0. The number of ether oxygens (including phenoxy) is 1. The van der Waals surface area contributed by atoms with E-state index in [1.165, 1.54) is 6.33 Å². The van der Waals surface area contributed by atoms with Crippen molar-refractivity contribution >= 4 is 11.7 Å². The van der Waals surface area contributed by atoms with Gasteiger partial charge in [-0.3, -0.25) is 4.79 Å². The highest BCUT2D eigenvalue weighted by atomic mass is 16.5. The lowest BCUT2D eigenvalue weighted by atomic mass is 10.0. The molecule has 2 rings (SSSR count). The predicted molar refractivity (Wildman–Crippen MR) is 70.8 cm³/mol. The van der Waals surface area contributed by atoms with Crippen LogP contribution in [0.5, 0.6) is 5.75 Å². The molecule has 0 bridgehead atoms. The number of anilines is 1. The fourth-order valence-electron chi connectivity index (χ4n) is 1.82. The van der Waals surface area contributed by atoms with Gasteiger partial charge in [0.05, 0.1) is 12.8 Å². The van der Waals surface area contributed by atoms with Crippen LogP contribution in [-0.4, -0.2) is 23.0 Å². The van der Waals surface area contributed by atoms with Crippen LogP contribution in [0.1, 0.15) is 21.6 Å². The largest absolute Gasteiger partial charge is 0.497 e. The summed E-state index contributed by atoms with van der Waals surface area (Å²) in [4.78, 5) is 19.2. The molecule has 1 heterocycles. The molecule has 0 saturated heterocycles. The number of benzene rings is 1. The molecule has 1 aromatic heterocycles. The van der Waals surface area contributed by atoms with Gasteiger partial charge in [0.1, 0.15) is 23.5 Å². The number of rotatable bonds is 4. The SMILES string of the molecule is COc1cccc(Cc2ncnc(N)c2C(N)=O)c1. The summed E-state index contributed by atoms with van der Waals surface area (Å²) in [7, 11) is 1.59. The predicted octanol–water partition coefficient (Wildman–Crippen LogP) is 0.757. The molecule has 0 radical (unpaired) electrons. The lowest BCUT2D eigenvalue weighted by Gasteiger charge is -2.08. The van der Waals surface area contributed by atoms with Gasteiger partial charge in [-0.15, -0.1) is 0 Å². The van der Waals surface area contributed by atoms with Gasteiger partial charge in [0.25, 0.3) is 5.91 Å². The number of carbonyl (C=O) groups is 1. The Morgan fingerprint density at radius 3 is 2.84 bits per heavy atom. The van der Waals surface area contributed by atoms with Crippen LogP contribution >= 0.6 is 0 Å². The van der Waals surface area contributed by atoms with Crippen molar-refractivity contribution in [2.24, 2.45) is 5.73 Å². The summed E-state index contributed by atoms with van der Waals surface area (Å²) in [6.45, 7) is 0. The fraction of sp³-hybridized carbons (Fsp3) is 0.154. The molecule has 1 amide bonds. The second-order valence-corrected chi connectivity index (χ2v) is 3.97. The van der Waals surface area contributed by atoms with Crippen LogP contribution in [0.15, 0.2) is 30.6 Å². The van der Waals surface area contributed by atoms with Gasteiger partial charge >= 0.3 is 0 Å². The van der Waals surface area contributed by atoms with Crippen LogP contribution in [0.25, 0.3) is 0 Å². The zero-order valence-electron chi connectivity index (χ0n) is 10.5. The molecule has 2 aromatic rings. The Balaban J connectivity index is 2.38. The van der Waals surface area contributed by atoms with Crippen LogP contribution in [0.2, 0.25) is 0 Å². The second kappa shape index (κ2) is 5.34. The molecule has 98 valence electrons. The van der Waals surface area contributed by atoms with Gasteiger partial charge in [-0.1, -0.05) is 12.1 Å². The third-order valence-corrected chi connectivity index (χ3v) is 2.71. The minimum Gasteiger partial charge on any atom is -0.497 e. The molecule has 6 nitrogen and oxygen atoms in total. The summed E-state index contributed by atoms with van der Waals surface area (Å²) in [5, 5.41) is 0. The summed E-state index contributed by atoms with van der Waals surface area (Å²) < 4.78 is 5.14. The van der Waals surface area contributed by atoms with Crippen molar-refractivity contribution in [3.63, 3.8) is 0 Å². The van der Waals surface area contributed by atoms with Gasteiger partial charge in [-0.25, -0.2) is 9.97 Å². The fourth-order valence-corrected chi connectivity index (χ4v) is 1.82. The highest BCUT2D eigenvalue weighted by molar-refractivity contribution is 5.98. The van der Waals surface area contributed by atoms with E-state index in [2.05, 4.69) is 9.97 Å². The smallest absolute Gasteiger partial charge is 0.254 e. The van der Waals surface area contributed by atoms with Crippen LogP contribution < -0.4 is 16.2 Å². The molecular weight excluding hydrogens is 244 g/mol. The van der Waals surface area contributed by atoms with Gasteiger partial charge in [0, 0.05) is 6.42 Å². The first-order valence-corrected chi connectivity index (χ1v) is 5.64. The Morgan fingerprint density at radius 1 is 1.37 bits per heavy atom. The average molecular weight is 258 g/mol. The maximum Gasteiger partial charge on any atom is 0.254 e. The Labute approximate surface area is 110 Å². The zero-order valence-corrected chi connectivity index (χ0v) is 10.5. The number of aromatic nitrogens is 2. The van der Waals surface area contributed by atoms with E-state index in [0.29, 0.717) is 12.1 Å². The number of nitrogens with zero attached hydrogens (tertiary/aromatic N) is 2. The van der Waals surface area contributed by atoms with Crippen molar-refractivity contribution in [3.8, 4) is 5.75 Å². The highest BCUT2D eigenvalue weighted by Crippen LogP contribution is 2.18. The molecule has 6 heteroatoms. The Bertz CT molecular complexity index is 613. The number of nitrogen functional groups attached to an aromatic ring is 1. The number of carbonyl (C=O) groups excluding carboxylic acids is 1. The zero-order chi connectivity index (χ0) is 13.8. The lowest BCUT2D eigenvalue weighted by Crippen LogP contribution is -2.18. The molecule has 0 unspecified atom stereocenters. The number of primary amides is 1. The molecule has 1 aromatic carbocycles. The molecule has 0 spiro atoms. The molecular formula is C13H14N4O2. The second-order valence-electron chi connectivity index (χ2n) is 3.97. The monoisotopic (exact) mass is 258 g/mol. The van der Waals surface area contributed by atoms with E-state index >= 15 is 0 Å². The number of nitrogens with two attached hydrogens (primary N) is 2. The van der Waals surface area contributed by atoms with Crippen LogP contribution in [0.3, 0.4) is 0 Å². The lowest BCUT2D eigenvalue weighted by molar-refractivity contribution is 0.0999. The first-order chi connectivity index (χ1) is 9.11.